The van der Waals surface area contributed by atoms with E-state index in [0.29, 0.717) is 18.8 Å². The van der Waals surface area contributed by atoms with Crippen LogP contribution in [0.3, 0.4) is 0 Å². The summed E-state index contributed by atoms with van der Waals surface area (Å²) in [4.78, 5) is 12.6. The molecule has 2 saturated carbocycles. The third kappa shape index (κ3) is 3.33. The number of carbonyl (C=O) groups is 1. The van der Waals surface area contributed by atoms with E-state index < -0.39 is 5.41 Å². The van der Waals surface area contributed by atoms with Crippen molar-refractivity contribution in [2.24, 2.45) is 28.1 Å². The third-order valence-electron chi connectivity index (χ3n) is 5.31. The first-order chi connectivity index (χ1) is 10.0. The summed E-state index contributed by atoms with van der Waals surface area (Å²) in [5.74, 6) is 1.30. The molecule has 2 rings (SSSR count). The predicted molar refractivity (Wildman–Crippen MR) is 83.0 cm³/mol. The topological polar surface area (TPSA) is 87.7 Å². The second-order valence-corrected chi connectivity index (χ2v) is 7.06. The molecule has 0 aromatic heterocycles. The summed E-state index contributed by atoms with van der Waals surface area (Å²) in [6, 6.07) is 0.255. The number of amidine groups is 1. The lowest BCUT2D eigenvalue weighted by atomic mass is 9.61. The largest absolute Gasteiger partial charge is 0.409 e. The van der Waals surface area contributed by atoms with Crippen LogP contribution in [0.1, 0.15) is 65.2 Å². The first kappa shape index (κ1) is 16.1. The van der Waals surface area contributed by atoms with E-state index in [0.717, 1.165) is 18.8 Å². The molecule has 2 aliphatic rings. The molecule has 0 atom stereocenters. The van der Waals surface area contributed by atoms with Gasteiger partial charge in [0.2, 0.25) is 5.91 Å². The SMILES string of the molecule is CCCC1CCC(NC(=O)C2(C(N)=NO)CC(C)C2)CC1. The van der Waals surface area contributed by atoms with Crippen molar-refractivity contribution >= 4 is 11.7 Å². The quantitative estimate of drug-likeness (QED) is 0.315. The molecule has 120 valence electrons. The molecule has 0 spiro atoms. The van der Waals surface area contributed by atoms with Gasteiger partial charge in [-0.05, 0) is 50.4 Å². The van der Waals surface area contributed by atoms with E-state index in [9.17, 15) is 4.79 Å². The van der Waals surface area contributed by atoms with E-state index in [-0.39, 0.29) is 17.8 Å². The van der Waals surface area contributed by atoms with Gasteiger partial charge < -0.3 is 16.3 Å². The summed E-state index contributed by atoms with van der Waals surface area (Å²) in [6.45, 7) is 4.32. The summed E-state index contributed by atoms with van der Waals surface area (Å²) < 4.78 is 0. The lowest BCUT2D eigenvalue weighted by Gasteiger charge is -2.44. The van der Waals surface area contributed by atoms with E-state index in [1.54, 1.807) is 0 Å². The summed E-state index contributed by atoms with van der Waals surface area (Å²) in [5.41, 5.74) is 5.01. The van der Waals surface area contributed by atoms with Gasteiger partial charge >= 0.3 is 0 Å². The van der Waals surface area contributed by atoms with Crippen LogP contribution in [-0.4, -0.2) is 23.0 Å². The maximum atomic E-state index is 12.6. The minimum atomic E-state index is -0.769. The van der Waals surface area contributed by atoms with Crippen molar-refractivity contribution in [2.45, 2.75) is 71.3 Å². The van der Waals surface area contributed by atoms with Crippen molar-refractivity contribution in [3.8, 4) is 0 Å². The molecular weight excluding hydrogens is 266 g/mol. The third-order valence-corrected chi connectivity index (χ3v) is 5.31. The van der Waals surface area contributed by atoms with Crippen molar-refractivity contribution in [1.82, 2.24) is 5.32 Å². The van der Waals surface area contributed by atoms with Gasteiger partial charge in [-0.25, -0.2) is 0 Å². The lowest BCUT2D eigenvalue weighted by molar-refractivity contribution is -0.134. The van der Waals surface area contributed by atoms with Crippen LogP contribution in [0, 0.1) is 17.3 Å². The molecule has 21 heavy (non-hydrogen) atoms. The Labute approximate surface area is 127 Å². The molecule has 4 N–H and O–H groups in total. The number of nitrogens with zero attached hydrogens (tertiary/aromatic N) is 1. The van der Waals surface area contributed by atoms with Crippen LogP contribution >= 0.6 is 0 Å². The van der Waals surface area contributed by atoms with Crippen molar-refractivity contribution < 1.29 is 10.0 Å². The summed E-state index contributed by atoms with van der Waals surface area (Å²) >= 11 is 0. The molecule has 0 radical (unpaired) electrons. The number of nitrogens with one attached hydrogen (secondary N) is 1. The van der Waals surface area contributed by atoms with Gasteiger partial charge in [0.15, 0.2) is 5.84 Å². The van der Waals surface area contributed by atoms with Gasteiger partial charge in [0, 0.05) is 6.04 Å². The summed E-state index contributed by atoms with van der Waals surface area (Å²) in [6.07, 6.45) is 8.41. The highest BCUT2D eigenvalue weighted by atomic mass is 16.4. The lowest BCUT2D eigenvalue weighted by Crippen LogP contribution is -2.58. The second-order valence-electron chi connectivity index (χ2n) is 7.06. The van der Waals surface area contributed by atoms with Crippen LogP contribution in [0.15, 0.2) is 5.16 Å². The second kappa shape index (κ2) is 6.67. The first-order valence-corrected chi connectivity index (χ1v) is 8.30. The molecule has 0 aliphatic heterocycles. The fourth-order valence-corrected chi connectivity index (χ4v) is 4.06. The number of nitrogens with two attached hydrogens (primary N) is 1. The van der Waals surface area contributed by atoms with Gasteiger partial charge in [0.25, 0.3) is 0 Å². The molecular formula is C16H29N3O2. The molecule has 0 saturated heterocycles. The Morgan fingerprint density at radius 2 is 1.95 bits per heavy atom. The van der Waals surface area contributed by atoms with E-state index in [1.807, 2.05) is 0 Å². The Morgan fingerprint density at radius 1 is 1.33 bits per heavy atom. The van der Waals surface area contributed by atoms with Crippen LogP contribution in [0.4, 0.5) is 0 Å². The molecule has 5 heteroatoms. The van der Waals surface area contributed by atoms with E-state index in [2.05, 4.69) is 24.3 Å². The molecule has 0 aromatic rings. The number of oxime groups is 1. The molecule has 2 fully saturated rings. The summed E-state index contributed by atoms with van der Waals surface area (Å²) in [7, 11) is 0. The molecule has 2 aliphatic carbocycles. The van der Waals surface area contributed by atoms with Gasteiger partial charge in [0.05, 0.1) is 0 Å². The molecule has 1 amide bonds. The van der Waals surface area contributed by atoms with Crippen molar-refractivity contribution in [2.75, 3.05) is 0 Å². The smallest absolute Gasteiger partial charge is 0.234 e. The van der Waals surface area contributed by atoms with Crippen LogP contribution < -0.4 is 11.1 Å². The maximum absolute atomic E-state index is 12.6. The van der Waals surface area contributed by atoms with Gasteiger partial charge in [0.1, 0.15) is 5.41 Å². The van der Waals surface area contributed by atoms with Crippen molar-refractivity contribution in [3.05, 3.63) is 0 Å². The summed E-state index contributed by atoms with van der Waals surface area (Å²) in [5, 5.41) is 15.2. The average Bonchev–Trinajstić information content (AvgIpc) is 2.45. The van der Waals surface area contributed by atoms with E-state index >= 15 is 0 Å². The average molecular weight is 295 g/mol. The zero-order valence-corrected chi connectivity index (χ0v) is 13.3. The van der Waals surface area contributed by atoms with E-state index in [4.69, 9.17) is 10.9 Å². The predicted octanol–water partition coefficient (Wildman–Crippen LogP) is 2.62. The number of carbonyl (C=O) groups excluding carboxylic acids is 1. The molecule has 0 heterocycles. The zero-order chi connectivity index (χ0) is 15.5. The normalized spacial score (nSPS) is 36.9. The van der Waals surface area contributed by atoms with Gasteiger partial charge in [-0.3, -0.25) is 4.79 Å². The molecule has 5 nitrogen and oxygen atoms in total. The minimum absolute atomic E-state index is 0.0464. The first-order valence-electron chi connectivity index (χ1n) is 8.30. The number of hydrogen-bond donors (Lipinski definition) is 3. The van der Waals surface area contributed by atoms with Crippen LogP contribution in [0.5, 0.6) is 0 Å². The minimum Gasteiger partial charge on any atom is -0.409 e. The number of rotatable bonds is 5. The van der Waals surface area contributed by atoms with Crippen LogP contribution in [0.2, 0.25) is 0 Å². The molecule has 0 bridgehead atoms. The van der Waals surface area contributed by atoms with Gasteiger partial charge in [-0.1, -0.05) is 31.8 Å². The van der Waals surface area contributed by atoms with Gasteiger partial charge in [-0.15, -0.1) is 0 Å². The van der Waals surface area contributed by atoms with Crippen LogP contribution in [-0.2, 0) is 4.79 Å². The van der Waals surface area contributed by atoms with E-state index in [1.165, 1.54) is 25.7 Å². The van der Waals surface area contributed by atoms with Gasteiger partial charge in [-0.2, -0.15) is 0 Å². The molecule has 0 aromatic carbocycles. The van der Waals surface area contributed by atoms with Crippen molar-refractivity contribution in [3.63, 3.8) is 0 Å². The fraction of sp³-hybridized carbons (Fsp3) is 0.875. The van der Waals surface area contributed by atoms with Crippen LogP contribution in [0.25, 0.3) is 0 Å². The van der Waals surface area contributed by atoms with Crippen molar-refractivity contribution in [1.29, 1.82) is 0 Å². The Bertz CT molecular complexity index is 394. The standard InChI is InChI=1S/C16H29N3O2/c1-3-4-12-5-7-13(8-6-12)18-15(20)16(14(17)19-21)9-11(2)10-16/h11-13,21H,3-10H2,1-2H3,(H2,17,19)(H,18,20). The maximum Gasteiger partial charge on any atom is 0.234 e. The Kier molecular flexibility index (Phi) is 5.12. The Balaban J connectivity index is 1.89. The number of hydrogen-bond acceptors (Lipinski definition) is 3. The monoisotopic (exact) mass is 295 g/mol. The Morgan fingerprint density at radius 3 is 2.43 bits per heavy atom. The molecule has 0 unspecified atom stereocenters. The highest BCUT2D eigenvalue weighted by molar-refractivity contribution is 6.07. The number of amides is 1. The Hall–Kier alpha value is -1.26. The zero-order valence-electron chi connectivity index (χ0n) is 13.3. The highest BCUT2D eigenvalue weighted by Crippen LogP contribution is 2.46. The highest BCUT2D eigenvalue weighted by Gasteiger charge is 2.52. The fourth-order valence-electron chi connectivity index (χ4n) is 4.06.